The van der Waals surface area contributed by atoms with E-state index in [9.17, 15) is 4.79 Å². The summed E-state index contributed by atoms with van der Waals surface area (Å²) in [5.74, 6) is 0.617. The van der Waals surface area contributed by atoms with Crippen LogP contribution in [-0.2, 0) is 14.0 Å². The molecule has 0 fully saturated rings. The second kappa shape index (κ2) is 10.4. The van der Waals surface area contributed by atoms with Crippen LogP contribution in [0.2, 0.25) is 19.6 Å². The van der Waals surface area contributed by atoms with Crippen molar-refractivity contribution in [3.63, 3.8) is 0 Å². The summed E-state index contributed by atoms with van der Waals surface area (Å²) in [7, 11) is -1.68. The van der Waals surface area contributed by atoms with Crippen LogP contribution in [0.5, 0.6) is 0 Å². The number of allylic oxidation sites excluding steroid dienone is 5. The third-order valence-corrected chi connectivity index (χ3v) is 4.92. The van der Waals surface area contributed by atoms with Gasteiger partial charge in [0.2, 0.25) is 8.32 Å². The Morgan fingerprint density at radius 3 is 2.62 bits per heavy atom. The first-order valence-corrected chi connectivity index (χ1v) is 12.8. The molecule has 144 valence electrons. The van der Waals surface area contributed by atoms with Gasteiger partial charge in [0.15, 0.2) is 0 Å². The molecular formula is C22H34O3Si. The fourth-order valence-corrected chi connectivity index (χ4v) is 3.71. The van der Waals surface area contributed by atoms with E-state index in [2.05, 4.69) is 64.4 Å². The van der Waals surface area contributed by atoms with Gasteiger partial charge in [-0.3, -0.25) is 0 Å². The van der Waals surface area contributed by atoms with Gasteiger partial charge in [-0.05, 0) is 45.0 Å². The number of carbonyl (C=O) groups is 1. The fourth-order valence-electron chi connectivity index (χ4n) is 2.73. The molecule has 4 heteroatoms. The lowest BCUT2D eigenvalue weighted by Crippen LogP contribution is -2.27. The molecule has 0 aromatic heterocycles. The quantitative estimate of drug-likeness (QED) is 0.258. The van der Waals surface area contributed by atoms with Crippen molar-refractivity contribution in [2.24, 2.45) is 11.8 Å². The Labute approximate surface area is 160 Å². The highest BCUT2D eigenvalue weighted by molar-refractivity contribution is 6.70. The summed E-state index contributed by atoms with van der Waals surface area (Å²) in [6, 6.07) is 0. The SMILES string of the molecule is C=C(O[Si](C)(C)C)[C@@H](C)/C=C(\C)[C@@H]1OC(=O)/C=C/CC/C=C/C=C\[C@@H]1C. The molecular weight excluding hydrogens is 340 g/mol. The van der Waals surface area contributed by atoms with Gasteiger partial charge in [0, 0.05) is 17.9 Å². The molecule has 3 nitrogen and oxygen atoms in total. The molecule has 0 N–H and O–H groups in total. The van der Waals surface area contributed by atoms with Crippen molar-refractivity contribution in [1.82, 2.24) is 0 Å². The van der Waals surface area contributed by atoms with Crippen LogP contribution in [0, 0.1) is 11.8 Å². The van der Waals surface area contributed by atoms with E-state index in [0.29, 0.717) is 0 Å². The van der Waals surface area contributed by atoms with Crippen LogP contribution >= 0.6 is 0 Å². The molecule has 0 saturated heterocycles. The fraction of sp³-hybridized carbons (Fsp3) is 0.500. The maximum Gasteiger partial charge on any atom is 0.331 e. The lowest BCUT2D eigenvalue weighted by atomic mass is 9.94. The largest absolute Gasteiger partial charge is 0.547 e. The van der Waals surface area contributed by atoms with Crippen molar-refractivity contribution in [3.05, 3.63) is 60.4 Å². The number of cyclic esters (lactones) is 1. The maximum atomic E-state index is 12.2. The zero-order chi connectivity index (χ0) is 19.7. The Balaban J connectivity index is 2.99. The normalized spacial score (nSPS) is 27.3. The number of hydrogen-bond donors (Lipinski definition) is 0. The van der Waals surface area contributed by atoms with Crippen LogP contribution in [0.1, 0.15) is 33.6 Å². The van der Waals surface area contributed by atoms with Crippen LogP contribution < -0.4 is 0 Å². The van der Waals surface area contributed by atoms with E-state index in [1.165, 1.54) is 6.08 Å². The van der Waals surface area contributed by atoms with Crippen LogP contribution in [-0.4, -0.2) is 20.4 Å². The van der Waals surface area contributed by atoms with Crippen molar-refractivity contribution >= 4 is 14.3 Å². The van der Waals surface area contributed by atoms with Gasteiger partial charge in [-0.25, -0.2) is 4.79 Å². The number of hydrogen-bond acceptors (Lipinski definition) is 3. The summed E-state index contributed by atoms with van der Waals surface area (Å²) in [6.45, 7) is 16.6. The second-order valence-corrected chi connectivity index (χ2v) is 12.3. The number of rotatable bonds is 5. The van der Waals surface area contributed by atoms with Crippen LogP contribution in [0.15, 0.2) is 60.4 Å². The van der Waals surface area contributed by atoms with Crippen molar-refractivity contribution in [1.29, 1.82) is 0 Å². The van der Waals surface area contributed by atoms with Crippen molar-refractivity contribution in [2.75, 3.05) is 0 Å². The van der Waals surface area contributed by atoms with Gasteiger partial charge in [-0.15, -0.1) is 0 Å². The molecule has 1 heterocycles. The molecule has 0 aromatic carbocycles. The number of carbonyl (C=O) groups excluding carboxylic acids is 1. The Morgan fingerprint density at radius 2 is 1.96 bits per heavy atom. The van der Waals surface area contributed by atoms with Gasteiger partial charge >= 0.3 is 5.97 Å². The third-order valence-electron chi connectivity index (χ3n) is 4.04. The highest BCUT2D eigenvalue weighted by Crippen LogP contribution is 2.24. The number of ether oxygens (including phenoxy) is 1. The monoisotopic (exact) mass is 374 g/mol. The van der Waals surface area contributed by atoms with Crippen molar-refractivity contribution in [2.45, 2.75) is 59.4 Å². The minimum Gasteiger partial charge on any atom is -0.547 e. The Bertz CT molecular complexity index is 605. The standard InChI is InChI=1S/C22H34O3Si/c1-17-14-12-10-8-9-11-13-15-21(23)24-22(17)19(3)16-18(2)20(4)25-26(5,6)7/h8,10,12-18,22H,4,9,11H2,1-3,5-7H3/b10-8+,14-12-,15-13+,19-16+/t17-,18-,22+/m0/s1. The minimum absolute atomic E-state index is 0.0634. The predicted octanol–water partition coefficient (Wildman–Crippen LogP) is 5.94. The molecule has 0 spiro atoms. The number of esters is 1. The molecule has 0 unspecified atom stereocenters. The molecule has 0 aliphatic carbocycles. The van der Waals surface area contributed by atoms with E-state index in [1.807, 2.05) is 19.1 Å². The summed E-state index contributed by atoms with van der Waals surface area (Å²) < 4.78 is 11.8. The van der Waals surface area contributed by atoms with Crippen LogP contribution in [0.25, 0.3) is 0 Å². The maximum absolute atomic E-state index is 12.2. The van der Waals surface area contributed by atoms with Gasteiger partial charge in [0.25, 0.3) is 0 Å². The van der Waals surface area contributed by atoms with E-state index in [-0.39, 0.29) is 23.9 Å². The lowest BCUT2D eigenvalue weighted by Gasteiger charge is -2.26. The summed E-state index contributed by atoms with van der Waals surface area (Å²) >= 11 is 0. The molecule has 26 heavy (non-hydrogen) atoms. The molecule has 0 aromatic rings. The van der Waals surface area contributed by atoms with Gasteiger partial charge in [-0.1, -0.05) is 56.9 Å². The summed E-state index contributed by atoms with van der Waals surface area (Å²) in [6.07, 6.45) is 15.2. The molecule has 1 rings (SSSR count). The Hall–Kier alpha value is -1.81. The summed E-state index contributed by atoms with van der Waals surface area (Å²) in [5, 5.41) is 0. The molecule has 0 radical (unpaired) electrons. The van der Waals surface area contributed by atoms with Gasteiger partial charge in [-0.2, -0.15) is 0 Å². The third kappa shape index (κ3) is 8.52. The van der Waals surface area contributed by atoms with E-state index in [4.69, 9.17) is 9.16 Å². The topological polar surface area (TPSA) is 35.5 Å². The zero-order valence-electron chi connectivity index (χ0n) is 17.1. The minimum atomic E-state index is -1.68. The first-order chi connectivity index (χ1) is 12.1. The average molecular weight is 375 g/mol. The van der Waals surface area contributed by atoms with Gasteiger partial charge < -0.3 is 9.16 Å². The molecule has 3 atom stereocenters. The zero-order valence-corrected chi connectivity index (χ0v) is 18.1. The molecule has 0 saturated carbocycles. The first-order valence-electron chi connectivity index (χ1n) is 9.36. The Kier molecular flexibility index (Phi) is 8.86. The van der Waals surface area contributed by atoms with Gasteiger partial charge in [0.1, 0.15) is 6.10 Å². The van der Waals surface area contributed by atoms with Crippen LogP contribution in [0.3, 0.4) is 0 Å². The second-order valence-electron chi connectivity index (χ2n) is 7.89. The molecule has 0 bridgehead atoms. The van der Waals surface area contributed by atoms with E-state index in [1.54, 1.807) is 0 Å². The highest BCUT2D eigenvalue weighted by atomic mass is 28.4. The molecule has 1 aliphatic heterocycles. The van der Waals surface area contributed by atoms with E-state index in [0.717, 1.165) is 24.2 Å². The van der Waals surface area contributed by atoms with Gasteiger partial charge in [0.05, 0.1) is 5.76 Å². The van der Waals surface area contributed by atoms with Crippen LogP contribution in [0.4, 0.5) is 0 Å². The Morgan fingerprint density at radius 1 is 1.31 bits per heavy atom. The smallest absolute Gasteiger partial charge is 0.331 e. The summed E-state index contributed by atoms with van der Waals surface area (Å²) in [5.41, 5.74) is 1.01. The lowest BCUT2D eigenvalue weighted by molar-refractivity contribution is -0.142. The van der Waals surface area contributed by atoms with Crippen molar-refractivity contribution in [3.8, 4) is 0 Å². The first kappa shape index (κ1) is 22.2. The summed E-state index contributed by atoms with van der Waals surface area (Å²) in [4.78, 5) is 12.2. The molecule has 0 amide bonds. The van der Waals surface area contributed by atoms with E-state index < -0.39 is 8.32 Å². The highest BCUT2D eigenvalue weighted by Gasteiger charge is 2.23. The average Bonchev–Trinajstić information content (AvgIpc) is 2.51. The predicted molar refractivity (Wildman–Crippen MR) is 112 cm³/mol. The van der Waals surface area contributed by atoms with Crippen molar-refractivity contribution < 1.29 is 14.0 Å². The van der Waals surface area contributed by atoms with E-state index >= 15 is 0 Å². The molecule has 1 aliphatic rings.